The highest BCUT2D eigenvalue weighted by Crippen LogP contribution is 2.27. The Morgan fingerprint density at radius 2 is 2.11 bits per heavy atom. The summed E-state index contributed by atoms with van der Waals surface area (Å²) in [4.78, 5) is 12.5. The number of halogens is 2. The Bertz CT molecular complexity index is 424. The minimum atomic E-state index is -0.862. The van der Waals surface area contributed by atoms with Crippen molar-refractivity contribution in [1.82, 2.24) is 4.90 Å². The van der Waals surface area contributed by atoms with Crippen molar-refractivity contribution in [1.29, 1.82) is 0 Å². The molecule has 1 atom stereocenters. The lowest BCUT2D eigenvalue weighted by Gasteiger charge is -2.23. The van der Waals surface area contributed by atoms with E-state index < -0.39 is 5.97 Å². The summed E-state index contributed by atoms with van der Waals surface area (Å²) in [6, 6.07) is 4.71. The fourth-order valence-electron chi connectivity index (χ4n) is 1.37. The fraction of sp³-hybridized carbons (Fsp3) is 0.417. The van der Waals surface area contributed by atoms with E-state index in [-0.39, 0.29) is 19.1 Å². The Balaban J connectivity index is 2.64. The molecular formula is C12H15Cl2NO3. The Kier molecular flexibility index (Phi) is 5.72. The van der Waals surface area contributed by atoms with Crippen LogP contribution in [0.3, 0.4) is 0 Å². The molecule has 100 valence electrons. The first-order valence-electron chi connectivity index (χ1n) is 5.36. The molecule has 1 aromatic carbocycles. The lowest BCUT2D eigenvalue weighted by Crippen LogP contribution is -2.35. The lowest BCUT2D eigenvalue weighted by atomic mass is 10.2. The van der Waals surface area contributed by atoms with Gasteiger partial charge in [-0.1, -0.05) is 23.2 Å². The summed E-state index contributed by atoms with van der Waals surface area (Å²) in [5, 5.41) is 9.74. The van der Waals surface area contributed by atoms with Crippen molar-refractivity contribution in [3.63, 3.8) is 0 Å². The first kappa shape index (κ1) is 15.1. The molecule has 0 amide bonds. The van der Waals surface area contributed by atoms with E-state index in [2.05, 4.69) is 0 Å². The van der Waals surface area contributed by atoms with Gasteiger partial charge in [-0.15, -0.1) is 0 Å². The number of rotatable bonds is 6. The van der Waals surface area contributed by atoms with Gasteiger partial charge in [0.25, 0.3) is 0 Å². The Morgan fingerprint density at radius 1 is 1.44 bits per heavy atom. The van der Waals surface area contributed by atoms with Crippen LogP contribution in [0, 0.1) is 0 Å². The van der Waals surface area contributed by atoms with Crippen LogP contribution in [-0.2, 0) is 4.79 Å². The molecule has 1 rings (SSSR count). The number of hydrogen-bond acceptors (Lipinski definition) is 3. The van der Waals surface area contributed by atoms with Gasteiger partial charge in [0.15, 0.2) is 0 Å². The van der Waals surface area contributed by atoms with E-state index in [0.29, 0.717) is 15.8 Å². The van der Waals surface area contributed by atoms with Crippen LogP contribution < -0.4 is 4.74 Å². The predicted molar refractivity (Wildman–Crippen MR) is 71.7 cm³/mol. The molecule has 0 aliphatic carbocycles. The molecule has 0 saturated carbocycles. The molecular weight excluding hydrogens is 277 g/mol. The highest BCUT2D eigenvalue weighted by Gasteiger charge is 2.17. The molecule has 6 heteroatoms. The maximum atomic E-state index is 10.7. The minimum Gasteiger partial charge on any atom is -0.490 e. The average molecular weight is 292 g/mol. The number of nitrogens with zero attached hydrogens (tertiary/aromatic N) is 1. The molecule has 0 bridgehead atoms. The van der Waals surface area contributed by atoms with Gasteiger partial charge in [0.1, 0.15) is 12.4 Å². The van der Waals surface area contributed by atoms with Crippen molar-refractivity contribution in [2.75, 3.05) is 20.7 Å². The fourth-order valence-corrected chi connectivity index (χ4v) is 1.83. The van der Waals surface area contributed by atoms with Crippen molar-refractivity contribution < 1.29 is 14.6 Å². The van der Waals surface area contributed by atoms with E-state index in [0.717, 1.165) is 0 Å². The monoisotopic (exact) mass is 291 g/mol. The maximum Gasteiger partial charge on any atom is 0.305 e. The van der Waals surface area contributed by atoms with E-state index in [1.165, 1.54) is 0 Å². The summed E-state index contributed by atoms with van der Waals surface area (Å²) < 4.78 is 5.52. The molecule has 0 aliphatic heterocycles. The molecule has 0 spiro atoms. The zero-order valence-corrected chi connectivity index (χ0v) is 11.7. The summed E-state index contributed by atoms with van der Waals surface area (Å²) in [6.07, 6.45) is 0.0121. The van der Waals surface area contributed by atoms with Crippen LogP contribution >= 0.6 is 23.2 Å². The van der Waals surface area contributed by atoms with Gasteiger partial charge in [-0.2, -0.15) is 0 Å². The number of ether oxygens (including phenoxy) is 1. The second-order valence-corrected chi connectivity index (χ2v) is 4.94. The first-order chi connectivity index (χ1) is 8.40. The number of hydrogen-bond donors (Lipinski definition) is 1. The summed E-state index contributed by atoms with van der Waals surface area (Å²) in [6.45, 7) is 0.251. The second kappa shape index (κ2) is 6.83. The van der Waals surface area contributed by atoms with Crippen LogP contribution in [0.15, 0.2) is 18.2 Å². The smallest absolute Gasteiger partial charge is 0.305 e. The van der Waals surface area contributed by atoms with Crippen LogP contribution in [0.25, 0.3) is 0 Å². The zero-order valence-electron chi connectivity index (χ0n) is 10.2. The molecule has 0 aromatic heterocycles. The molecule has 1 N–H and O–H groups in total. The van der Waals surface area contributed by atoms with Crippen LogP contribution in [0.5, 0.6) is 5.75 Å². The quantitative estimate of drug-likeness (QED) is 0.876. The van der Waals surface area contributed by atoms with Gasteiger partial charge in [0, 0.05) is 5.02 Å². The number of carboxylic acids is 1. The van der Waals surface area contributed by atoms with Crippen molar-refractivity contribution in [2.24, 2.45) is 0 Å². The molecule has 0 radical (unpaired) electrons. The van der Waals surface area contributed by atoms with E-state index in [1.54, 1.807) is 37.2 Å². The molecule has 1 aromatic rings. The molecule has 0 aliphatic rings. The Labute approximate surface area is 116 Å². The number of benzene rings is 1. The predicted octanol–water partition coefficient (Wildman–Crippen LogP) is 2.78. The van der Waals surface area contributed by atoms with Crippen LogP contribution in [0.1, 0.15) is 6.42 Å². The average Bonchev–Trinajstić information content (AvgIpc) is 2.25. The third-order valence-corrected chi connectivity index (χ3v) is 3.00. The van der Waals surface area contributed by atoms with Gasteiger partial charge in [-0.25, -0.2) is 0 Å². The minimum absolute atomic E-state index is 0.0121. The standard InChI is InChI=1S/C12H15Cl2NO3/c1-15(2)9(6-12(16)17)7-18-11-4-3-8(13)5-10(11)14/h3-5,9H,6-7H2,1-2H3,(H,16,17). The number of likely N-dealkylation sites (N-methyl/N-ethyl adjacent to an activating group) is 1. The van der Waals surface area contributed by atoms with Crippen LogP contribution in [0.4, 0.5) is 0 Å². The highest BCUT2D eigenvalue weighted by atomic mass is 35.5. The summed E-state index contributed by atoms with van der Waals surface area (Å²) in [5.41, 5.74) is 0. The van der Waals surface area contributed by atoms with E-state index in [1.807, 2.05) is 0 Å². The van der Waals surface area contributed by atoms with Gasteiger partial charge < -0.3 is 14.7 Å². The third kappa shape index (κ3) is 4.72. The Hall–Kier alpha value is -0.970. The summed E-state index contributed by atoms with van der Waals surface area (Å²) >= 11 is 11.7. The van der Waals surface area contributed by atoms with Gasteiger partial charge >= 0.3 is 5.97 Å². The maximum absolute atomic E-state index is 10.7. The first-order valence-corrected chi connectivity index (χ1v) is 6.12. The molecule has 18 heavy (non-hydrogen) atoms. The SMILES string of the molecule is CN(C)C(COc1ccc(Cl)cc1Cl)CC(=O)O. The van der Waals surface area contributed by atoms with E-state index >= 15 is 0 Å². The van der Waals surface area contributed by atoms with Crippen LogP contribution in [-0.4, -0.2) is 42.7 Å². The van der Waals surface area contributed by atoms with E-state index in [4.69, 9.17) is 33.0 Å². The molecule has 0 fully saturated rings. The van der Waals surface area contributed by atoms with Crippen LogP contribution in [0.2, 0.25) is 10.0 Å². The number of aliphatic carboxylic acids is 1. The summed E-state index contributed by atoms with van der Waals surface area (Å²) in [7, 11) is 3.61. The highest BCUT2D eigenvalue weighted by molar-refractivity contribution is 6.35. The molecule has 0 saturated heterocycles. The molecule has 1 unspecified atom stereocenters. The summed E-state index contributed by atoms with van der Waals surface area (Å²) in [5.74, 6) is -0.363. The zero-order chi connectivity index (χ0) is 13.7. The second-order valence-electron chi connectivity index (χ2n) is 4.10. The van der Waals surface area contributed by atoms with Crippen molar-refractivity contribution in [3.05, 3.63) is 28.2 Å². The van der Waals surface area contributed by atoms with Crippen molar-refractivity contribution in [2.45, 2.75) is 12.5 Å². The van der Waals surface area contributed by atoms with Gasteiger partial charge in [0.05, 0.1) is 17.5 Å². The lowest BCUT2D eigenvalue weighted by molar-refractivity contribution is -0.138. The number of carbonyl (C=O) groups is 1. The molecule has 4 nitrogen and oxygen atoms in total. The van der Waals surface area contributed by atoms with Gasteiger partial charge in [-0.3, -0.25) is 4.79 Å². The molecule has 0 heterocycles. The van der Waals surface area contributed by atoms with Gasteiger partial charge in [0.2, 0.25) is 0 Å². The van der Waals surface area contributed by atoms with E-state index in [9.17, 15) is 4.79 Å². The topological polar surface area (TPSA) is 49.8 Å². The van der Waals surface area contributed by atoms with Crippen molar-refractivity contribution >= 4 is 29.2 Å². The van der Waals surface area contributed by atoms with Gasteiger partial charge in [-0.05, 0) is 32.3 Å². The largest absolute Gasteiger partial charge is 0.490 e. The van der Waals surface area contributed by atoms with Crippen molar-refractivity contribution in [3.8, 4) is 5.75 Å². The number of carboxylic acid groups (broad SMARTS) is 1. The Morgan fingerprint density at radius 3 is 2.61 bits per heavy atom. The third-order valence-electron chi connectivity index (χ3n) is 2.47. The normalized spacial score (nSPS) is 12.5.